The molecule has 4 nitrogen and oxygen atoms in total. The Bertz CT molecular complexity index is 646. The third kappa shape index (κ3) is 3.91. The lowest BCUT2D eigenvalue weighted by molar-refractivity contribution is 0.0954. The lowest BCUT2D eigenvalue weighted by Crippen LogP contribution is -2.18. The van der Waals surface area contributed by atoms with Gasteiger partial charge in [-0.15, -0.1) is 0 Å². The Labute approximate surface area is 115 Å². The summed E-state index contributed by atoms with van der Waals surface area (Å²) in [7, 11) is 0. The van der Waals surface area contributed by atoms with Crippen molar-refractivity contribution in [1.82, 2.24) is 5.43 Å². The molecule has 0 spiro atoms. The van der Waals surface area contributed by atoms with Crippen LogP contribution in [0.1, 0.15) is 23.0 Å². The average Bonchev–Trinajstić information content (AvgIpc) is 2.95. The van der Waals surface area contributed by atoms with Crippen molar-refractivity contribution in [2.45, 2.75) is 6.92 Å². The van der Waals surface area contributed by atoms with Gasteiger partial charge in [0.25, 0.3) is 5.91 Å². The third-order valence-corrected chi connectivity index (χ3v) is 2.45. The summed E-state index contributed by atoms with van der Waals surface area (Å²) in [6.07, 6.45) is 5.00. The number of carbonyl (C=O) groups excluding carboxylic acids is 1. The smallest absolute Gasteiger partial charge is 0.271 e. The number of carbonyl (C=O) groups is 1. The van der Waals surface area contributed by atoms with Crippen LogP contribution in [-0.2, 0) is 0 Å². The lowest BCUT2D eigenvalue weighted by atomic mass is 10.2. The van der Waals surface area contributed by atoms with E-state index in [9.17, 15) is 9.18 Å². The number of amides is 1. The highest BCUT2D eigenvalue weighted by Crippen LogP contribution is 2.04. The van der Waals surface area contributed by atoms with Gasteiger partial charge in [-0.25, -0.2) is 9.82 Å². The zero-order valence-corrected chi connectivity index (χ0v) is 10.8. The highest BCUT2D eigenvalue weighted by Gasteiger charge is 2.04. The number of rotatable bonds is 4. The fraction of sp³-hybridized carbons (Fsp3) is 0.0667. The first-order valence-electron chi connectivity index (χ1n) is 5.97. The van der Waals surface area contributed by atoms with Crippen molar-refractivity contribution in [1.29, 1.82) is 0 Å². The van der Waals surface area contributed by atoms with Gasteiger partial charge < -0.3 is 4.42 Å². The minimum absolute atomic E-state index is 0.219. The van der Waals surface area contributed by atoms with E-state index < -0.39 is 11.7 Å². The SMILES string of the molecule is CC(C=Cc1ccco1)=NNC(=O)c1cccc(F)c1. The van der Waals surface area contributed by atoms with Gasteiger partial charge in [-0.3, -0.25) is 4.79 Å². The van der Waals surface area contributed by atoms with E-state index in [4.69, 9.17) is 4.42 Å². The molecule has 0 bridgehead atoms. The Hall–Kier alpha value is -2.69. The average molecular weight is 272 g/mol. The molecule has 5 heteroatoms. The minimum atomic E-state index is -0.463. The van der Waals surface area contributed by atoms with Crippen LogP contribution in [0.25, 0.3) is 6.08 Å². The maximum atomic E-state index is 13.0. The molecule has 1 amide bonds. The van der Waals surface area contributed by atoms with Gasteiger partial charge in [0, 0.05) is 5.56 Å². The Morgan fingerprint density at radius 1 is 1.35 bits per heavy atom. The van der Waals surface area contributed by atoms with Gasteiger partial charge in [0.05, 0.1) is 12.0 Å². The minimum Gasteiger partial charge on any atom is -0.465 e. The van der Waals surface area contributed by atoms with Crippen molar-refractivity contribution < 1.29 is 13.6 Å². The Balaban J connectivity index is 1.96. The normalized spacial score (nSPS) is 11.8. The van der Waals surface area contributed by atoms with Gasteiger partial charge in [0.2, 0.25) is 0 Å². The maximum Gasteiger partial charge on any atom is 0.271 e. The van der Waals surface area contributed by atoms with E-state index in [1.165, 1.54) is 18.2 Å². The van der Waals surface area contributed by atoms with E-state index in [1.54, 1.807) is 37.5 Å². The number of halogens is 1. The molecule has 0 saturated heterocycles. The number of hydrogen-bond donors (Lipinski definition) is 1. The van der Waals surface area contributed by atoms with Gasteiger partial charge >= 0.3 is 0 Å². The Kier molecular flexibility index (Phi) is 4.44. The number of nitrogens with one attached hydrogen (secondary N) is 1. The summed E-state index contributed by atoms with van der Waals surface area (Å²) in [6.45, 7) is 1.73. The molecule has 0 radical (unpaired) electrons. The van der Waals surface area contributed by atoms with Crippen LogP contribution in [-0.4, -0.2) is 11.6 Å². The number of hydrazone groups is 1. The van der Waals surface area contributed by atoms with Gasteiger partial charge in [0.15, 0.2) is 0 Å². The van der Waals surface area contributed by atoms with Crippen molar-refractivity contribution in [2.24, 2.45) is 5.10 Å². The van der Waals surface area contributed by atoms with Gasteiger partial charge in [-0.05, 0) is 49.4 Å². The predicted octanol–water partition coefficient (Wildman–Crippen LogP) is 3.24. The molecule has 1 aromatic carbocycles. The Morgan fingerprint density at radius 2 is 2.20 bits per heavy atom. The molecule has 0 unspecified atom stereocenters. The van der Waals surface area contributed by atoms with E-state index in [0.717, 1.165) is 6.07 Å². The Morgan fingerprint density at radius 3 is 2.90 bits per heavy atom. The van der Waals surface area contributed by atoms with E-state index in [1.807, 2.05) is 0 Å². The molecular formula is C15H13FN2O2. The van der Waals surface area contributed by atoms with Gasteiger partial charge in [0.1, 0.15) is 11.6 Å². The van der Waals surface area contributed by atoms with Crippen LogP contribution in [0, 0.1) is 5.82 Å². The number of nitrogens with zero attached hydrogens (tertiary/aromatic N) is 1. The summed E-state index contributed by atoms with van der Waals surface area (Å²) in [6, 6.07) is 8.99. The van der Waals surface area contributed by atoms with E-state index >= 15 is 0 Å². The predicted molar refractivity (Wildman–Crippen MR) is 74.7 cm³/mol. The molecule has 0 atom stereocenters. The molecule has 0 fully saturated rings. The van der Waals surface area contributed by atoms with Crippen molar-refractivity contribution in [3.63, 3.8) is 0 Å². The summed E-state index contributed by atoms with van der Waals surface area (Å²) in [5.74, 6) is -0.234. The summed E-state index contributed by atoms with van der Waals surface area (Å²) in [4.78, 5) is 11.7. The first-order valence-corrected chi connectivity index (χ1v) is 5.97. The number of allylic oxidation sites excluding steroid dienone is 1. The quantitative estimate of drug-likeness (QED) is 0.686. The standard InChI is InChI=1S/C15H13FN2O2/c1-11(7-8-14-6-3-9-20-14)17-18-15(19)12-4-2-5-13(16)10-12/h2-10H,1H3,(H,18,19). The van der Waals surface area contributed by atoms with Gasteiger partial charge in [-0.2, -0.15) is 5.10 Å². The zero-order valence-electron chi connectivity index (χ0n) is 10.8. The maximum absolute atomic E-state index is 13.0. The molecule has 1 aromatic heterocycles. The number of furan rings is 1. The zero-order chi connectivity index (χ0) is 14.4. The lowest BCUT2D eigenvalue weighted by Gasteiger charge is -2.00. The molecule has 1 N–H and O–H groups in total. The highest BCUT2D eigenvalue weighted by molar-refractivity contribution is 5.99. The number of benzene rings is 1. The first kappa shape index (κ1) is 13.7. The van der Waals surface area contributed by atoms with E-state index in [0.29, 0.717) is 11.5 Å². The summed E-state index contributed by atoms with van der Waals surface area (Å²) in [5, 5.41) is 3.90. The molecule has 2 aromatic rings. The molecule has 0 aliphatic rings. The molecule has 1 heterocycles. The second-order valence-corrected chi connectivity index (χ2v) is 4.05. The summed E-state index contributed by atoms with van der Waals surface area (Å²) < 4.78 is 18.1. The summed E-state index contributed by atoms with van der Waals surface area (Å²) in [5.41, 5.74) is 3.16. The molecule has 20 heavy (non-hydrogen) atoms. The van der Waals surface area contributed by atoms with Crippen LogP contribution in [0.5, 0.6) is 0 Å². The van der Waals surface area contributed by atoms with Crippen LogP contribution >= 0.6 is 0 Å². The molecule has 0 saturated carbocycles. The van der Waals surface area contributed by atoms with Crippen molar-refractivity contribution >= 4 is 17.7 Å². The van der Waals surface area contributed by atoms with E-state index in [-0.39, 0.29) is 5.56 Å². The van der Waals surface area contributed by atoms with Crippen molar-refractivity contribution in [3.05, 3.63) is 65.9 Å². The van der Waals surface area contributed by atoms with Crippen LogP contribution in [0.3, 0.4) is 0 Å². The fourth-order valence-corrected chi connectivity index (χ4v) is 1.46. The van der Waals surface area contributed by atoms with E-state index in [2.05, 4.69) is 10.5 Å². The second-order valence-electron chi connectivity index (χ2n) is 4.05. The molecule has 0 aliphatic carbocycles. The highest BCUT2D eigenvalue weighted by atomic mass is 19.1. The molecule has 0 aliphatic heterocycles. The largest absolute Gasteiger partial charge is 0.465 e. The molecule has 2 rings (SSSR count). The van der Waals surface area contributed by atoms with Crippen LogP contribution in [0.2, 0.25) is 0 Å². The van der Waals surface area contributed by atoms with Crippen molar-refractivity contribution in [2.75, 3.05) is 0 Å². The third-order valence-electron chi connectivity index (χ3n) is 2.45. The monoisotopic (exact) mass is 272 g/mol. The number of hydrogen-bond acceptors (Lipinski definition) is 3. The fourth-order valence-electron chi connectivity index (χ4n) is 1.46. The summed E-state index contributed by atoms with van der Waals surface area (Å²) >= 11 is 0. The van der Waals surface area contributed by atoms with Crippen LogP contribution in [0.4, 0.5) is 4.39 Å². The van der Waals surface area contributed by atoms with Crippen LogP contribution < -0.4 is 5.43 Å². The molecule has 102 valence electrons. The topological polar surface area (TPSA) is 54.6 Å². The molecular weight excluding hydrogens is 259 g/mol. The first-order chi connectivity index (χ1) is 9.65. The van der Waals surface area contributed by atoms with Crippen molar-refractivity contribution in [3.8, 4) is 0 Å². The second kappa shape index (κ2) is 6.47. The van der Waals surface area contributed by atoms with Gasteiger partial charge in [-0.1, -0.05) is 6.07 Å². The van der Waals surface area contributed by atoms with Crippen LogP contribution in [0.15, 0.2) is 58.3 Å².